The van der Waals surface area contributed by atoms with Gasteiger partial charge in [0.25, 0.3) is 0 Å². The summed E-state index contributed by atoms with van der Waals surface area (Å²) >= 11 is 0. The topological polar surface area (TPSA) is 30.2 Å². The van der Waals surface area contributed by atoms with Crippen LogP contribution in [0.3, 0.4) is 0 Å². The molecule has 1 heterocycles. The molecule has 0 saturated carbocycles. The first-order chi connectivity index (χ1) is 10.0. The van der Waals surface area contributed by atoms with E-state index in [1.165, 1.54) is 0 Å². The normalized spacial score (nSPS) is 11.0. The van der Waals surface area contributed by atoms with Crippen molar-refractivity contribution in [1.29, 1.82) is 0 Å². The Morgan fingerprint density at radius 2 is 1.71 bits per heavy atom. The van der Waals surface area contributed by atoms with Crippen molar-refractivity contribution < 1.29 is 9.21 Å². The average Bonchev–Trinajstić information content (AvgIpc) is 2.86. The lowest BCUT2D eigenvalue weighted by Crippen LogP contribution is -2.05. The molecule has 0 amide bonds. The van der Waals surface area contributed by atoms with Gasteiger partial charge in [0.2, 0.25) is 5.78 Å². The Labute approximate surface area is 124 Å². The highest BCUT2D eigenvalue weighted by atomic mass is 16.3. The van der Waals surface area contributed by atoms with E-state index in [4.69, 9.17) is 4.42 Å². The summed E-state index contributed by atoms with van der Waals surface area (Å²) in [7, 11) is 0. The summed E-state index contributed by atoms with van der Waals surface area (Å²) in [5, 5.41) is 0.986. The molecule has 0 spiro atoms. The first kappa shape index (κ1) is 13.6. The molecule has 0 saturated heterocycles. The molecule has 3 aromatic rings. The number of furan rings is 1. The van der Waals surface area contributed by atoms with Gasteiger partial charge in [-0.05, 0) is 55.7 Å². The minimum absolute atomic E-state index is 0.0289. The monoisotopic (exact) mass is 278 g/mol. The largest absolute Gasteiger partial charge is 0.453 e. The quantitative estimate of drug-likeness (QED) is 0.645. The molecule has 0 aliphatic heterocycles. The Bertz CT molecular complexity index is 804. The second kappa shape index (κ2) is 5.21. The van der Waals surface area contributed by atoms with Crippen molar-refractivity contribution in [2.75, 3.05) is 0 Å². The zero-order chi connectivity index (χ0) is 15.0. The van der Waals surface area contributed by atoms with Crippen molar-refractivity contribution in [3.05, 3.63) is 70.5 Å². The van der Waals surface area contributed by atoms with Gasteiger partial charge in [0, 0.05) is 11.8 Å². The second-order valence-corrected chi connectivity index (χ2v) is 5.62. The van der Waals surface area contributed by atoms with E-state index in [1.54, 1.807) is 0 Å². The van der Waals surface area contributed by atoms with Gasteiger partial charge >= 0.3 is 0 Å². The molecular weight excluding hydrogens is 260 g/mol. The number of rotatable bonds is 3. The fourth-order valence-electron chi connectivity index (χ4n) is 2.68. The van der Waals surface area contributed by atoms with Crippen molar-refractivity contribution >= 4 is 16.8 Å². The van der Waals surface area contributed by atoms with E-state index in [2.05, 4.69) is 0 Å². The van der Waals surface area contributed by atoms with Crippen LogP contribution < -0.4 is 0 Å². The minimum atomic E-state index is 0.0289. The number of aryl methyl sites for hydroxylation is 3. The molecule has 0 bridgehead atoms. The highest BCUT2D eigenvalue weighted by Gasteiger charge is 2.15. The number of fused-ring (bicyclic) bond motifs is 1. The van der Waals surface area contributed by atoms with Gasteiger partial charge in [0.1, 0.15) is 5.58 Å². The number of benzene rings is 2. The van der Waals surface area contributed by atoms with Crippen LogP contribution >= 0.6 is 0 Å². The molecule has 106 valence electrons. The van der Waals surface area contributed by atoms with Gasteiger partial charge in [-0.25, -0.2) is 0 Å². The van der Waals surface area contributed by atoms with Crippen LogP contribution in [0.4, 0.5) is 0 Å². The Hall–Kier alpha value is -2.35. The smallest absolute Gasteiger partial charge is 0.202 e. The zero-order valence-corrected chi connectivity index (χ0v) is 12.6. The summed E-state index contributed by atoms with van der Waals surface area (Å²) in [6.07, 6.45) is 0.386. The average molecular weight is 278 g/mol. The third-order valence-electron chi connectivity index (χ3n) is 3.93. The molecule has 0 atom stereocenters. The fourth-order valence-corrected chi connectivity index (χ4v) is 2.68. The summed E-state index contributed by atoms with van der Waals surface area (Å²) < 4.78 is 5.69. The number of hydrogen-bond donors (Lipinski definition) is 0. The number of hydrogen-bond acceptors (Lipinski definition) is 2. The predicted molar refractivity (Wildman–Crippen MR) is 84.9 cm³/mol. The number of carbonyl (C=O) groups excluding carboxylic acids is 1. The molecule has 0 unspecified atom stereocenters. The van der Waals surface area contributed by atoms with Crippen LogP contribution in [-0.2, 0) is 6.42 Å². The molecular formula is C19H18O2. The number of ketones is 1. The first-order valence-corrected chi connectivity index (χ1v) is 7.13. The van der Waals surface area contributed by atoms with Crippen LogP contribution in [0.15, 0.2) is 46.9 Å². The molecule has 0 aliphatic carbocycles. The van der Waals surface area contributed by atoms with Crippen LogP contribution in [0.25, 0.3) is 11.0 Å². The SMILES string of the molecule is Cc1ccc2oc(C(=O)Cc3c(C)cccc3C)cc2c1. The zero-order valence-electron chi connectivity index (χ0n) is 12.6. The summed E-state index contributed by atoms with van der Waals surface area (Å²) in [4.78, 5) is 12.5. The van der Waals surface area contributed by atoms with E-state index < -0.39 is 0 Å². The van der Waals surface area contributed by atoms with E-state index in [0.29, 0.717) is 12.2 Å². The van der Waals surface area contributed by atoms with Crippen LogP contribution in [0.1, 0.15) is 32.8 Å². The molecule has 0 aliphatic rings. The third kappa shape index (κ3) is 2.62. The lowest BCUT2D eigenvalue weighted by Gasteiger charge is -2.07. The number of carbonyl (C=O) groups is 1. The molecule has 2 aromatic carbocycles. The molecule has 1 aromatic heterocycles. The first-order valence-electron chi connectivity index (χ1n) is 7.13. The Morgan fingerprint density at radius 1 is 1.00 bits per heavy atom. The molecule has 21 heavy (non-hydrogen) atoms. The third-order valence-corrected chi connectivity index (χ3v) is 3.93. The van der Waals surface area contributed by atoms with Gasteiger partial charge < -0.3 is 4.42 Å². The molecule has 0 N–H and O–H groups in total. The van der Waals surface area contributed by atoms with Crippen LogP contribution in [0, 0.1) is 20.8 Å². The van der Waals surface area contributed by atoms with Gasteiger partial charge in [-0.2, -0.15) is 0 Å². The van der Waals surface area contributed by atoms with E-state index >= 15 is 0 Å². The van der Waals surface area contributed by atoms with Gasteiger partial charge in [0.15, 0.2) is 5.76 Å². The van der Waals surface area contributed by atoms with E-state index in [9.17, 15) is 4.79 Å². The molecule has 2 nitrogen and oxygen atoms in total. The minimum Gasteiger partial charge on any atom is -0.453 e. The van der Waals surface area contributed by atoms with Crippen LogP contribution in [0.2, 0.25) is 0 Å². The van der Waals surface area contributed by atoms with Crippen molar-refractivity contribution in [2.24, 2.45) is 0 Å². The lowest BCUT2D eigenvalue weighted by atomic mass is 9.97. The number of Topliss-reactive ketones (excluding diaryl/α,β-unsaturated/α-hetero) is 1. The van der Waals surface area contributed by atoms with Crippen LogP contribution in [0.5, 0.6) is 0 Å². The standard InChI is InChI=1S/C19H18O2/c1-12-7-8-18-15(9-12)10-19(21-18)17(20)11-16-13(2)5-4-6-14(16)3/h4-10H,11H2,1-3H3. The van der Waals surface area contributed by atoms with Gasteiger partial charge in [0.05, 0.1) is 0 Å². The van der Waals surface area contributed by atoms with Gasteiger partial charge in [-0.15, -0.1) is 0 Å². The highest BCUT2D eigenvalue weighted by molar-refractivity contribution is 5.99. The Morgan fingerprint density at radius 3 is 2.43 bits per heavy atom. The maximum Gasteiger partial charge on any atom is 0.202 e. The van der Waals surface area contributed by atoms with Crippen molar-refractivity contribution in [1.82, 2.24) is 0 Å². The molecule has 2 heteroatoms. The fraction of sp³-hybridized carbons (Fsp3) is 0.211. The predicted octanol–water partition coefficient (Wildman–Crippen LogP) is 4.78. The molecule has 0 radical (unpaired) electrons. The van der Waals surface area contributed by atoms with Crippen molar-refractivity contribution in [3.63, 3.8) is 0 Å². The van der Waals surface area contributed by atoms with Crippen molar-refractivity contribution in [3.8, 4) is 0 Å². The maximum atomic E-state index is 12.5. The maximum absolute atomic E-state index is 12.5. The molecule has 0 fully saturated rings. The summed E-state index contributed by atoms with van der Waals surface area (Å²) in [6, 6.07) is 13.9. The van der Waals surface area contributed by atoms with E-state index in [0.717, 1.165) is 33.2 Å². The van der Waals surface area contributed by atoms with Gasteiger partial charge in [-0.1, -0.05) is 29.8 Å². The van der Waals surface area contributed by atoms with E-state index in [1.807, 2.05) is 63.2 Å². The Kier molecular flexibility index (Phi) is 3.38. The highest BCUT2D eigenvalue weighted by Crippen LogP contribution is 2.23. The van der Waals surface area contributed by atoms with E-state index in [-0.39, 0.29) is 5.78 Å². The molecule has 3 rings (SSSR count). The summed E-state index contributed by atoms with van der Waals surface area (Å²) in [5.41, 5.74) is 5.33. The summed E-state index contributed by atoms with van der Waals surface area (Å²) in [6.45, 7) is 6.11. The summed E-state index contributed by atoms with van der Waals surface area (Å²) in [5.74, 6) is 0.472. The Balaban J connectivity index is 1.94. The van der Waals surface area contributed by atoms with Gasteiger partial charge in [-0.3, -0.25) is 4.79 Å². The van der Waals surface area contributed by atoms with Crippen LogP contribution in [-0.4, -0.2) is 5.78 Å². The second-order valence-electron chi connectivity index (χ2n) is 5.62. The van der Waals surface area contributed by atoms with Crippen molar-refractivity contribution in [2.45, 2.75) is 27.2 Å². The lowest BCUT2D eigenvalue weighted by molar-refractivity contribution is 0.0968.